The Morgan fingerprint density at radius 1 is 0.895 bits per heavy atom. The van der Waals surface area contributed by atoms with Gasteiger partial charge in [0.1, 0.15) is 5.75 Å². The highest BCUT2D eigenvalue weighted by molar-refractivity contribution is 5.63. The van der Waals surface area contributed by atoms with Crippen LogP contribution in [0, 0.1) is 6.92 Å². The first-order valence-corrected chi connectivity index (χ1v) is 5.93. The van der Waals surface area contributed by atoms with Crippen LogP contribution in [0.25, 0.3) is 22.9 Å². The lowest BCUT2D eigenvalue weighted by atomic mass is 10.1. The molecule has 1 N–H and O–H groups in total. The van der Waals surface area contributed by atoms with Crippen LogP contribution in [0.1, 0.15) is 5.56 Å². The van der Waals surface area contributed by atoms with Gasteiger partial charge < -0.3 is 9.52 Å². The van der Waals surface area contributed by atoms with Crippen molar-refractivity contribution in [3.8, 4) is 28.7 Å². The Morgan fingerprint density at radius 3 is 2.32 bits per heavy atom. The predicted octanol–water partition coefficient (Wildman–Crippen LogP) is 3.42. The van der Waals surface area contributed by atoms with Crippen LogP contribution in [-0.2, 0) is 0 Å². The molecule has 0 saturated carbocycles. The lowest BCUT2D eigenvalue weighted by molar-refractivity contribution is 0.473. The number of hydrogen-bond acceptors (Lipinski definition) is 4. The van der Waals surface area contributed by atoms with E-state index in [2.05, 4.69) is 10.2 Å². The van der Waals surface area contributed by atoms with Gasteiger partial charge in [0.05, 0.1) is 5.56 Å². The van der Waals surface area contributed by atoms with Crippen molar-refractivity contribution in [2.45, 2.75) is 6.92 Å². The minimum absolute atomic E-state index is 0.126. The molecule has 3 rings (SSSR count). The largest absolute Gasteiger partial charge is 0.507 e. The monoisotopic (exact) mass is 252 g/mol. The lowest BCUT2D eigenvalue weighted by Crippen LogP contribution is -1.78. The Hall–Kier alpha value is -2.62. The average molecular weight is 252 g/mol. The van der Waals surface area contributed by atoms with Crippen molar-refractivity contribution >= 4 is 0 Å². The zero-order chi connectivity index (χ0) is 13.2. The number of phenols is 1. The molecule has 1 heterocycles. The van der Waals surface area contributed by atoms with Gasteiger partial charge in [-0.2, -0.15) is 0 Å². The molecule has 0 aliphatic heterocycles. The zero-order valence-corrected chi connectivity index (χ0v) is 10.4. The highest BCUT2D eigenvalue weighted by atomic mass is 16.4. The summed E-state index contributed by atoms with van der Waals surface area (Å²) in [5.41, 5.74) is 2.57. The number of aromatic hydroxyl groups is 1. The van der Waals surface area contributed by atoms with Crippen LogP contribution in [0.4, 0.5) is 0 Å². The molecule has 0 spiro atoms. The number of rotatable bonds is 2. The van der Waals surface area contributed by atoms with Gasteiger partial charge in [-0.3, -0.25) is 0 Å². The molecule has 0 bridgehead atoms. The number of hydrogen-bond donors (Lipinski definition) is 1. The summed E-state index contributed by atoms with van der Waals surface area (Å²) in [6.07, 6.45) is 0. The minimum atomic E-state index is 0.126. The fourth-order valence-corrected chi connectivity index (χ4v) is 1.80. The second-order valence-corrected chi connectivity index (χ2v) is 4.30. The molecule has 0 unspecified atom stereocenters. The van der Waals surface area contributed by atoms with E-state index in [-0.39, 0.29) is 5.75 Å². The summed E-state index contributed by atoms with van der Waals surface area (Å²) in [6, 6.07) is 14.7. The second-order valence-electron chi connectivity index (χ2n) is 4.30. The summed E-state index contributed by atoms with van der Waals surface area (Å²) in [4.78, 5) is 0. The minimum Gasteiger partial charge on any atom is -0.507 e. The molecule has 0 radical (unpaired) electrons. The molecule has 0 fully saturated rings. The van der Waals surface area contributed by atoms with E-state index in [4.69, 9.17) is 4.42 Å². The first-order chi connectivity index (χ1) is 9.24. The van der Waals surface area contributed by atoms with Crippen molar-refractivity contribution in [2.24, 2.45) is 0 Å². The Labute approximate surface area is 110 Å². The van der Waals surface area contributed by atoms with Crippen molar-refractivity contribution in [3.63, 3.8) is 0 Å². The van der Waals surface area contributed by atoms with E-state index in [0.717, 1.165) is 5.56 Å². The topological polar surface area (TPSA) is 59.2 Å². The van der Waals surface area contributed by atoms with E-state index in [1.807, 2.05) is 37.3 Å². The number of aromatic nitrogens is 2. The number of aryl methyl sites for hydroxylation is 1. The van der Waals surface area contributed by atoms with Crippen LogP contribution in [0.15, 0.2) is 52.9 Å². The molecular weight excluding hydrogens is 240 g/mol. The number of benzene rings is 2. The summed E-state index contributed by atoms with van der Waals surface area (Å²) in [5.74, 6) is 0.883. The molecule has 19 heavy (non-hydrogen) atoms. The van der Waals surface area contributed by atoms with E-state index < -0.39 is 0 Å². The molecule has 4 heteroatoms. The van der Waals surface area contributed by atoms with Crippen LogP contribution in [0.2, 0.25) is 0 Å². The molecule has 0 aliphatic carbocycles. The van der Waals surface area contributed by atoms with Crippen LogP contribution >= 0.6 is 0 Å². The maximum atomic E-state index is 9.75. The molecule has 1 aromatic heterocycles. The Morgan fingerprint density at radius 2 is 1.58 bits per heavy atom. The summed E-state index contributed by atoms with van der Waals surface area (Å²) >= 11 is 0. The van der Waals surface area contributed by atoms with Crippen molar-refractivity contribution in [2.75, 3.05) is 0 Å². The third kappa shape index (κ3) is 2.20. The Kier molecular flexibility index (Phi) is 2.76. The predicted molar refractivity (Wildman–Crippen MR) is 71.6 cm³/mol. The van der Waals surface area contributed by atoms with E-state index in [0.29, 0.717) is 17.3 Å². The first kappa shape index (κ1) is 11.5. The molecule has 94 valence electrons. The molecule has 0 saturated heterocycles. The molecule has 0 atom stereocenters. The normalized spacial score (nSPS) is 10.6. The van der Waals surface area contributed by atoms with Gasteiger partial charge in [0.15, 0.2) is 0 Å². The quantitative estimate of drug-likeness (QED) is 0.759. The van der Waals surface area contributed by atoms with E-state index in [1.165, 1.54) is 5.56 Å². The summed E-state index contributed by atoms with van der Waals surface area (Å²) in [5, 5.41) is 17.7. The average Bonchev–Trinajstić information content (AvgIpc) is 2.89. The number of nitrogens with zero attached hydrogens (tertiary/aromatic N) is 2. The highest BCUT2D eigenvalue weighted by Gasteiger charge is 2.12. The van der Waals surface area contributed by atoms with Crippen molar-refractivity contribution in [3.05, 3.63) is 54.1 Å². The lowest BCUT2D eigenvalue weighted by Gasteiger charge is -1.98. The summed E-state index contributed by atoms with van der Waals surface area (Å²) in [6.45, 7) is 2.02. The van der Waals surface area contributed by atoms with E-state index in [1.54, 1.807) is 18.2 Å². The van der Waals surface area contributed by atoms with Gasteiger partial charge in [-0.05, 0) is 31.2 Å². The third-order valence-electron chi connectivity index (χ3n) is 2.86. The van der Waals surface area contributed by atoms with Crippen LogP contribution in [0.5, 0.6) is 5.75 Å². The smallest absolute Gasteiger partial charge is 0.251 e. The van der Waals surface area contributed by atoms with Crippen LogP contribution in [0.3, 0.4) is 0 Å². The zero-order valence-electron chi connectivity index (χ0n) is 10.4. The fourth-order valence-electron chi connectivity index (χ4n) is 1.80. The van der Waals surface area contributed by atoms with Gasteiger partial charge in [-0.15, -0.1) is 10.2 Å². The molecular formula is C15H12N2O2. The number of phenolic OH excluding ortho intramolecular Hbond substituents is 1. The highest BCUT2D eigenvalue weighted by Crippen LogP contribution is 2.29. The fraction of sp³-hybridized carbons (Fsp3) is 0.0667. The summed E-state index contributed by atoms with van der Waals surface area (Å²) in [7, 11) is 0. The van der Waals surface area contributed by atoms with Crippen molar-refractivity contribution in [1.82, 2.24) is 10.2 Å². The standard InChI is InChI=1S/C15H12N2O2/c1-10-6-8-11(9-7-10)14-16-17-15(19-14)12-4-2-3-5-13(12)18/h2-9,18H,1H3. The Bertz CT molecular complexity index is 702. The van der Waals surface area contributed by atoms with Gasteiger partial charge in [-0.25, -0.2) is 0 Å². The van der Waals surface area contributed by atoms with Gasteiger partial charge in [-0.1, -0.05) is 29.8 Å². The first-order valence-electron chi connectivity index (χ1n) is 5.93. The van der Waals surface area contributed by atoms with Gasteiger partial charge >= 0.3 is 0 Å². The molecule has 2 aromatic carbocycles. The third-order valence-corrected chi connectivity index (χ3v) is 2.86. The molecule has 0 aliphatic rings. The van der Waals surface area contributed by atoms with E-state index in [9.17, 15) is 5.11 Å². The Balaban J connectivity index is 2.00. The summed E-state index contributed by atoms with van der Waals surface area (Å²) < 4.78 is 5.59. The maximum Gasteiger partial charge on any atom is 0.251 e. The van der Waals surface area contributed by atoms with Crippen molar-refractivity contribution < 1.29 is 9.52 Å². The number of para-hydroxylation sites is 1. The molecule has 3 aromatic rings. The van der Waals surface area contributed by atoms with Crippen LogP contribution < -0.4 is 0 Å². The van der Waals surface area contributed by atoms with Gasteiger partial charge in [0, 0.05) is 5.56 Å². The molecule has 4 nitrogen and oxygen atoms in total. The van der Waals surface area contributed by atoms with Gasteiger partial charge in [0.25, 0.3) is 5.89 Å². The second kappa shape index (κ2) is 4.57. The SMILES string of the molecule is Cc1ccc(-c2nnc(-c3ccccc3O)o2)cc1. The van der Waals surface area contributed by atoms with Gasteiger partial charge in [0.2, 0.25) is 5.89 Å². The maximum absolute atomic E-state index is 9.75. The van der Waals surface area contributed by atoms with Crippen LogP contribution in [-0.4, -0.2) is 15.3 Å². The van der Waals surface area contributed by atoms with Crippen molar-refractivity contribution in [1.29, 1.82) is 0 Å². The van der Waals surface area contributed by atoms with E-state index >= 15 is 0 Å². The molecule has 0 amide bonds.